The molecular formula is C30H38FN5O5S. The number of sulfonamides is 1. The van der Waals surface area contributed by atoms with E-state index in [0.29, 0.717) is 30.0 Å². The minimum atomic E-state index is -4.24. The largest absolute Gasteiger partial charge is 0.495 e. The number of hydrogen-bond acceptors (Lipinski definition) is 8. The van der Waals surface area contributed by atoms with Crippen molar-refractivity contribution in [2.24, 2.45) is 11.3 Å². The van der Waals surface area contributed by atoms with E-state index in [9.17, 15) is 17.6 Å². The molecule has 226 valence electrons. The lowest BCUT2D eigenvalue weighted by molar-refractivity contribution is 0.0602. The van der Waals surface area contributed by atoms with Crippen molar-refractivity contribution in [1.82, 2.24) is 19.5 Å². The highest BCUT2D eigenvalue weighted by Gasteiger charge is 2.56. The number of nitrogens with zero attached hydrogens (tertiary/aromatic N) is 4. The van der Waals surface area contributed by atoms with Gasteiger partial charge in [-0.25, -0.2) is 27.2 Å². The van der Waals surface area contributed by atoms with Crippen LogP contribution in [0, 0.1) is 11.3 Å². The molecule has 1 saturated carbocycles. The number of amides is 1. The number of anilines is 1. The maximum absolute atomic E-state index is 14.6. The van der Waals surface area contributed by atoms with E-state index >= 15 is 0 Å². The highest BCUT2D eigenvalue weighted by atomic mass is 32.2. The lowest BCUT2D eigenvalue weighted by Gasteiger charge is -2.34. The Morgan fingerprint density at radius 3 is 2.50 bits per heavy atom. The molecule has 1 aromatic carbocycles. The topological polar surface area (TPSA) is 116 Å². The molecule has 1 aliphatic heterocycles. The Morgan fingerprint density at radius 2 is 1.88 bits per heavy atom. The number of nitrogens with one attached hydrogen (secondary N) is 1. The van der Waals surface area contributed by atoms with Crippen LogP contribution in [0.15, 0.2) is 53.6 Å². The summed E-state index contributed by atoms with van der Waals surface area (Å²) in [4.78, 5) is 20.3. The number of carbonyl (C=O) groups excluding carboxylic acids is 1. The number of aromatic nitrogens is 3. The van der Waals surface area contributed by atoms with Crippen molar-refractivity contribution >= 4 is 21.7 Å². The van der Waals surface area contributed by atoms with Gasteiger partial charge in [0.05, 0.1) is 19.3 Å². The van der Waals surface area contributed by atoms with Crippen LogP contribution in [0.4, 0.5) is 10.2 Å². The van der Waals surface area contributed by atoms with Gasteiger partial charge >= 0.3 is 0 Å². The van der Waals surface area contributed by atoms with Crippen LogP contribution in [0.25, 0.3) is 5.82 Å². The summed E-state index contributed by atoms with van der Waals surface area (Å²) >= 11 is 0. The van der Waals surface area contributed by atoms with Crippen molar-refractivity contribution < 1.29 is 27.1 Å². The SMILES string of the molecule is COc1ccccc1S(=O)(=O)NC(=O)c1ccc(-n2ccc(OCC3(C(C)(C)F)CC3)n2)nc1N1C[C@@H](C)CC1(C)C. The number of rotatable bonds is 10. The molecule has 42 heavy (non-hydrogen) atoms. The monoisotopic (exact) mass is 599 g/mol. The number of alkyl halides is 1. The van der Waals surface area contributed by atoms with Crippen LogP contribution in [-0.4, -0.2) is 60.6 Å². The van der Waals surface area contributed by atoms with Crippen LogP contribution in [-0.2, 0) is 10.0 Å². The van der Waals surface area contributed by atoms with Crippen LogP contribution in [0.5, 0.6) is 11.6 Å². The van der Waals surface area contributed by atoms with Gasteiger partial charge in [0.1, 0.15) is 22.1 Å². The summed E-state index contributed by atoms with van der Waals surface area (Å²) in [5, 5.41) is 4.49. The van der Waals surface area contributed by atoms with Gasteiger partial charge in [0.2, 0.25) is 5.88 Å². The average Bonchev–Trinajstić information content (AvgIpc) is 3.50. The number of methoxy groups -OCH3 is 1. The van der Waals surface area contributed by atoms with Crippen molar-refractivity contribution in [3.8, 4) is 17.4 Å². The Hall–Kier alpha value is -3.67. The lowest BCUT2D eigenvalue weighted by Crippen LogP contribution is -2.41. The highest BCUT2D eigenvalue weighted by Crippen LogP contribution is 2.55. The molecule has 1 aliphatic carbocycles. The molecule has 0 unspecified atom stereocenters. The fourth-order valence-electron chi connectivity index (χ4n) is 5.77. The summed E-state index contributed by atoms with van der Waals surface area (Å²) in [5.41, 5.74) is -2.07. The van der Waals surface area contributed by atoms with E-state index in [-0.39, 0.29) is 28.4 Å². The number of ether oxygens (including phenoxy) is 2. The Kier molecular flexibility index (Phi) is 7.49. The van der Waals surface area contributed by atoms with Crippen LogP contribution >= 0.6 is 0 Å². The number of benzene rings is 1. The molecule has 2 aliphatic rings. The fraction of sp³-hybridized carbons (Fsp3) is 0.500. The quantitative estimate of drug-likeness (QED) is 0.349. The first-order valence-electron chi connectivity index (χ1n) is 14.0. The van der Waals surface area contributed by atoms with Crippen molar-refractivity contribution in [2.75, 3.05) is 25.2 Å². The first kappa shape index (κ1) is 29.8. The molecule has 0 spiro atoms. The molecule has 2 aromatic heterocycles. The number of pyridine rings is 1. The average molecular weight is 600 g/mol. The van der Waals surface area contributed by atoms with E-state index in [1.165, 1.54) is 23.9 Å². The minimum Gasteiger partial charge on any atom is -0.495 e. The van der Waals surface area contributed by atoms with Gasteiger partial charge in [0.25, 0.3) is 15.9 Å². The van der Waals surface area contributed by atoms with Crippen molar-refractivity contribution in [1.29, 1.82) is 0 Å². The zero-order chi connectivity index (χ0) is 30.5. The predicted octanol–water partition coefficient (Wildman–Crippen LogP) is 4.93. The molecule has 3 aromatic rings. The number of para-hydroxylation sites is 1. The molecule has 1 amide bonds. The Balaban J connectivity index is 1.46. The third kappa shape index (κ3) is 5.68. The van der Waals surface area contributed by atoms with Gasteiger partial charge in [-0.2, -0.15) is 0 Å². The van der Waals surface area contributed by atoms with E-state index in [1.807, 2.05) is 4.90 Å². The Bertz CT molecular complexity index is 1590. The van der Waals surface area contributed by atoms with E-state index in [0.717, 1.165) is 19.3 Å². The summed E-state index contributed by atoms with van der Waals surface area (Å²) in [6.45, 7) is 10.3. The molecule has 2 fully saturated rings. The van der Waals surface area contributed by atoms with E-state index in [2.05, 4.69) is 30.6 Å². The minimum absolute atomic E-state index is 0.115. The van der Waals surface area contributed by atoms with Crippen molar-refractivity contribution in [2.45, 2.75) is 70.0 Å². The molecule has 1 atom stereocenters. The second kappa shape index (κ2) is 10.6. The number of carbonyl (C=O) groups is 1. The maximum Gasteiger partial charge on any atom is 0.268 e. The molecule has 1 N–H and O–H groups in total. The van der Waals surface area contributed by atoms with Crippen LogP contribution in [0.3, 0.4) is 0 Å². The van der Waals surface area contributed by atoms with Gasteiger partial charge in [-0.05, 0) is 77.1 Å². The van der Waals surface area contributed by atoms with Crippen molar-refractivity contribution in [3.05, 3.63) is 54.2 Å². The van der Waals surface area contributed by atoms with Crippen LogP contribution < -0.4 is 19.1 Å². The second-order valence-corrected chi connectivity index (χ2v) is 14.1. The maximum atomic E-state index is 14.6. The van der Waals surface area contributed by atoms with Gasteiger partial charge < -0.3 is 14.4 Å². The number of halogens is 1. The van der Waals surface area contributed by atoms with Crippen molar-refractivity contribution in [3.63, 3.8) is 0 Å². The Labute approximate surface area is 246 Å². The third-order valence-corrected chi connectivity index (χ3v) is 9.80. The summed E-state index contributed by atoms with van der Waals surface area (Å²) in [5.74, 6) is 0.764. The molecule has 3 heterocycles. The van der Waals surface area contributed by atoms with E-state index in [1.54, 1.807) is 50.4 Å². The zero-order valence-corrected chi connectivity index (χ0v) is 25.7. The van der Waals surface area contributed by atoms with Crippen LogP contribution in [0.1, 0.15) is 64.2 Å². The van der Waals surface area contributed by atoms with Gasteiger partial charge in [-0.15, -0.1) is 5.10 Å². The number of hydrogen-bond donors (Lipinski definition) is 1. The molecule has 10 nitrogen and oxygen atoms in total. The molecule has 12 heteroatoms. The normalized spacial score (nSPS) is 19.4. The molecule has 0 bridgehead atoms. The highest BCUT2D eigenvalue weighted by molar-refractivity contribution is 7.90. The van der Waals surface area contributed by atoms with Gasteiger partial charge in [0, 0.05) is 29.8 Å². The third-order valence-electron chi connectivity index (χ3n) is 8.43. The first-order valence-corrected chi connectivity index (χ1v) is 15.5. The van der Waals surface area contributed by atoms with E-state index < -0.39 is 27.0 Å². The summed E-state index contributed by atoms with van der Waals surface area (Å²) < 4.78 is 55.8. The molecule has 0 radical (unpaired) electrons. The first-order chi connectivity index (χ1) is 19.7. The zero-order valence-electron chi connectivity index (χ0n) is 24.8. The lowest BCUT2D eigenvalue weighted by atomic mass is 9.90. The second-order valence-electron chi connectivity index (χ2n) is 12.5. The standard InChI is InChI=1S/C30H38FN5O5S/c1-20-17-28(2,3)35(18-20)26-21(27(37)34-42(38,39)23-10-8-7-9-22(23)40-6)11-12-24(32-26)36-16-13-25(33-36)41-19-30(14-15-30)29(4,5)31/h7-13,16,20H,14-15,17-19H2,1-6H3,(H,34,37)/t20-/m0/s1. The van der Waals surface area contributed by atoms with Gasteiger partial charge in [0.15, 0.2) is 5.82 Å². The molecule has 5 rings (SSSR count). The Morgan fingerprint density at radius 1 is 1.17 bits per heavy atom. The smallest absolute Gasteiger partial charge is 0.268 e. The van der Waals surface area contributed by atoms with Gasteiger partial charge in [-0.3, -0.25) is 4.79 Å². The summed E-state index contributed by atoms with van der Waals surface area (Å²) in [6, 6.07) is 10.9. The van der Waals surface area contributed by atoms with E-state index in [4.69, 9.17) is 14.5 Å². The molecule has 1 saturated heterocycles. The predicted molar refractivity (Wildman–Crippen MR) is 157 cm³/mol. The summed E-state index contributed by atoms with van der Waals surface area (Å²) in [7, 11) is -2.88. The molecular weight excluding hydrogens is 561 g/mol. The summed E-state index contributed by atoms with van der Waals surface area (Å²) in [6.07, 6.45) is 4.09. The van der Waals surface area contributed by atoms with Crippen LogP contribution in [0.2, 0.25) is 0 Å². The fourth-order valence-corrected chi connectivity index (χ4v) is 6.90. The van der Waals surface area contributed by atoms with Gasteiger partial charge in [-0.1, -0.05) is 19.1 Å².